The van der Waals surface area contributed by atoms with Gasteiger partial charge in [0.15, 0.2) is 0 Å². The number of rotatable bonds is 5. The average Bonchev–Trinajstić information content (AvgIpc) is 2.80. The van der Waals surface area contributed by atoms with Gasteiger partial charge in [-0.2, -0.15) is 0 Å². The summed E-state index contributed by atoms with van der Waals surface area (Å²) in [6.45, 7) is 2.60. The quantitative estimate of drug-likeness (QED) is 0.800. The third-order valence-corrected chi connectivity index (χ3v) is 7.43. The van der Waals surface area contributed by atoms with Crippen LogP contribution in [0.4, 0.5) is 0 Å². The number of hydrogen-bond donors (Lipinski definition) is 2. The molecule has 0 spiro atoms. The largest absolute Gasteiger partial charge is 0.477 e. The van der Waals surface area contributed by atoms with Gasteiger partial charge in [0.05, 0.1) is 3.79 Å². The zero-order valence-electron chi connectivity index (χ0n) is 11.6. The van der Waals surface area contributed by atoms with Crippen LogP contribution in [0.1, 0.15) is 42.3 Å². The third-order valence-electron chi connectivity index (χ3n) is 3.76. The van der Waals surface area contributed by atoms with Crippen LogP contribution < -0.4 is 4.72 Å². The van der Waals surface area contributed by atoms with Gasteiger partial charge in [0.2, 0.25) is 10.0 Å². The molecule has 118 valence electrons. The maximum Gasteiger partial charge on any atom is 0.345 e. The van der Waals surface area contributed by atoms with E-state index in [1.54, 1.807) is 0 Å². The molecular weight excluding hydrogens is 378 g/mol. The van der Waals surface area contributed by atoms with E-state index in [1.165, 1.54) is 12.5 Å². The summed E-state index contributed by atoms with van der Waals surface area (Å²) in [7, 11) is -3.67. The van der Waals surface area contributed by atoms with Crippen molar-refractivity contribution in [3.05, 3.63) is 14.7 Å². The first-order valence-corrected chi connectivity index (χ1v) is 9.91. The maximum atomic E-state index is 12.3. The van der Waals surface area contributed by atoms with Crippen molar-refractivity contribution in [1.29, 1.82) is 0 Å². The smallest absolute Gasteiger partial charge is 0.345 e. The highest BCUT2D eigenvalue weighted by Crippen LogP contribution is 2.32. The van der Waals surface area contributed by atoms with Crippen molar-refractivity contribution < 1.29 is 18.3 Å². The molecule has 1 aromatic rings. The number of sulfonamides is 1. The van der Waals surface area contributed by atoms with Crippen molar-refractivity contribution in [2.75, 3.05) is 6.54 Å². The summed E-state index contributed by atoms with van der Waals surface area (Å²) in [5.74, 6) is -0.122. The van der Waals surface area contributed by atoms with Crippen LogP contribution in [0.3, 0.4) is 0 Å². The normalized spacial score (nSPS) is 23.1. The molecule has 1 heterocycles. The molecule has 2 unspecified atom stereocenters. The second-order valence-electron chi connectivity index (χ2n) is 5.54. The van der Waals surface area contributed by atoms with Gasteiger partial charge >= 0.3 is 5.97 Å². The van der Waals surface area contributed by atoms with Crippen LogP contribution >= 0.6 is 27.3 Å². The summed E-state index contributed by atoms with van der Waals surface area (Å²) >= 11 is 4.04. The molecule has 0 aliphatic heterocycles. The monoisotopic (exact) mass is 395 g/mol. The molecule has 2 rings (SSSR count). The third kappa shape index (κ3) is 4.28. The van der Waals surface area contributed by atoms with Gasteiger partial charge in [0, 0.05) is 6.54 Å². The van der Waals surface area contributed by atoms with E-state index >= 15 is 0 Å². The van der Waals surface area contributed by atoms with Gasteiger partial charge in [-0.3, -0.25) is 0 Å². The number of aromatic carboxylic acids is 1. The number of carbonyl (C=O) groups is 1. The molecule has 1 fully saturated rings. The standard InChI is InChI=1S/C13H18BrNO4S2/c1-8-3-2-4-9(5-8)7-15-21(18,19)11-6-10(13(16)17)20-12(11)14/h6,8-9,15H,2-5,7H2,1H3,(H,16,17). The highest BCUT2D eigenvalue weighted by atomic mass is 79.9. The fourth-order valence-corrected chi connectivity index (χ4v) is 6.21. The lowest BCUT2D eigenvalue weighted by Crippen LogP contribution is -2.31. The lowest BCUT2D eigenvalue weighted by atomic mass is 9.83. The Morgan fingerprint density at radius 3 is 2.81 bits per heavy atom. The summed E-state index contributed by atoms with van der Waals surface area (Å²) in [4.78, 5) is 10.9. The molecular formula is C13H18BrNO4S2. The lowest BCUT2D eigenvalue weighted by Gasteiger charge is -2.26. The van der Waals surface area contributed by atoms with Crippen molar-refractivity contribution in [3.8, 4) is 0 Å². The van der Waals surface area contributed by atoms with Crippen LogP contribution in [0.25, 0.3) is 0 Å². The van der Waals surface area contributed by atoms with Crippen LogP contribution in [0, 0.1) is 11.8 Å². The molecule has 1 aromatic heterocycles. The Morgan fingerprint density at radius 1 is 1.52 bits per heavy atom. The van der Waals surface area contributed by atoms with E-state index in [4.69, 9.17) is 5.11 Å². The summed E-state index contributed by atoms with van der Waals surface area (Å²) in [5, 5.41) is 8.93. The summed E-state index contributed by atoms with van der Waals surface area (Å²) in [6, 6.07) is 1.20. The molecule has 0 radical (unpaired) electrons. The first-order chi connectivity index (χ1) is 9.79. The molecule has 21 heavy (non-hydrogen) atoms. The number of halogens is 1. The molecule has 1 saturated carbocycles. The van der Waals surface area contributed by atoms with Gasteiger partial charge < -0.3 is 5.11 Å². The molecule has 1 aliphatic carbocycles. The molecule has 8 heteroatoms. The van der Waals surface area contributed by atoms with Gasteiger partial charge in [0.1, 0.15) is 9.77 Å². The second kappa shape index (κ2) is 6.76. The van der Waals surface area contributed by atoms with Crippen LogP contribution in [-0.2, 0) is 10.0 Å². The molecule has 1 aliphatic rings. The summed E-state index contributed by atoms with van der Waals surface area (Å²) < 4.78 is 27.5. The Hall–Kier alpha value is -0.440. The number of carboxylic acids is 1. The van der Waals surface area contributed by atoms with E-state index < -0.39 is 16.0 Å². The number of carboxylic acid groups (broad SMARTS) is 1. The topological polar surface area (TPSA) is 83.5 Å². The number of nitrogens with one attached hydrogen (secondary N) is 1. The van der Waals surface area contributed by atoms with Gasteiger partial charge in [-0.15, -0.1) is 11.3 Å². The Kier molecular flexibility index (Phi) is 5.45. The number of hydrogen-bond acceptors (Lipinski definition) is 4. The fourth-order valence-electron chi connectivity index (χ4n) is 2.69. The average molecular weight is 396 g/mol. The minimum absolute atomic E-state index is 0.00791. The van der Waals surface area contributed by atoms with E-state index in [0.717, 1.165) is 30.6 Å². The maximum absolute atomic E-state index is 12.3. The minimum atomic E-state index is -3.67. The first-order valence-electron chi connectivity index (χ1n) is 6.82. The van der Waals surface area contributed by atoms with E-state index in [1.807, 2.05) is 0 Å². The van der Waals surface area contributed by atoms with Crippen LogP contribution in [0.15, 0.2) is 14.7 Å². The highest BCUT2D eigenvalue weighted by molar-refractivity contribution is 9.11. The van der Waals surface area contributed by atoms with Crippen molar-refractivity contribution in [2.24, 2.45) is 11.8 Å². The first kappa shape index (κ1) is 16.9. The van der Waals surface area contributed by atoms with Crippen LogP contribution in [0.5, 0.6) is 0 Å². The van der Waals surface area contributed by atoms with Gasteiger partial charge in [-0.1, -0.05) is 19.8 Å². The SMILES string of the molecule is CC1CCCC(CNS(=O)(=O)c2cc(C(=O)O)sc2Br)C1. The van der Waals surface area contributed by atoms with Crippen LogP contribution in [-0.4, -0.2) is 26.0 Å². The molecule has 5 nitrogen and oxygen atoms in total. The van der Waals surface area contributed by atoms with E-state index in [9.17, 15) is 13.2 Å². The van der Waals surface area contributed by atoms with Crippen molar-refractivity contribution in [1.82, 2.24) is 4.72 Å². The van der Waals surface area contributed by atoms with Crippen LogP contribution in [0.2, 0.25) is 0 Å². The van der Waals surface area contributed by atoms with Crippen molar-refractivity contribution in [2.45, 2.75) is 37.5 Å². The van der Waals surface area contributed by atoms with Gasteiger partial charge in [-0.05, 0) is 46.7 Å². The molecule has 0 saturated heterocycles. The Morgan fingerprint density at radius 2 is 2.24 bits per heavy atom. The molecule has 0 amide bonds. The zero-order chi connectivity index (χ0) is 15.6. The summed E-state index contributed by atoms with van der Waals surface area (Å²) in [5.41, 5.74) is 0. The van der Waals surface area contributed by atoms with Gasteiger partial charge in [0.25, 0.3) is 0 Å². The molecule has 2 atom stereocenters. The second-order valence-corrected chi connectivity index (χ2v) is 9.65. The fraction of sp³-hybridized carbons (Fsp3) is 0.615. The Balaban J connectivity index is 2.06. The van der Waals surface area contributed by atoms with Crippen molar-refractivity contribution in [3.63, 3.8) is 0 Å². The predicted octanol–water partition coefficient (Wildman–Crippen LogP) is 3.31. The zero-order valence-corrected chi connectivity index (χ0v) is 14.9. The van der Waals surface area contributed by atoms with Gasteiger partial charge in [-0.25, -0.2) is 17.9 Å². The molecule has 2 N–H and O–H groups in total. The highest BCUT2D eigenvalue weighted by Gasteiger charge is 2.25. The summed E-state index contributed by atoms with van der Waals surface area (Å²) in [6.07, 6.45) is 4.42. The van der Waals surface area contributed by atoms with E-state index in [-0.39, 0.29) is 9.77 Å². The van der Waals surface area contributed by atoms with Crippen molar-refractivity contribution >= 4 is 43.3 Å². The lowest BCUT2D eigenvalue weighted by molar-refractivity contribution is 0.0702. The molecule has 0 bridgehead atoms. The Labute approximate surface area is 136 Å². The van der Waals surface area contributed by atoms with E-state index in [2.05, 4.69) is 27.6 Å². The predicted molar refractivity (Wildman–Crippen MR) is 85.3 cm³/mol. The minimum Gasteiger partial charge on any atom is -0.477 e. The molecule has 0 aromatic carbocycles. The Bertz CT molecular complexity index is 626. The van der Waals surface area contributed by atoms with E-state index in [0.29, 0.717) is 22.2 Å². The number of thiophene rings is 1.